The molecule has 4 heteroatoms. The fourth-order valence-electron chi connectivity index (χ4n) is 4.42. The highest BCUT2D eigenvalue weighted by Crippen LogP contribution is 2.42. The standard InChI is InChI=1S/C17H32.2CHNO/c1-2-3-14-17(15-10-6-4-7-11-15)16-12-8-5-9-13-16;2*2-1-3/h15-17H,2-14H2,1H3;2*2H. The second-order valence-electron chi connectivity index (χ2n) is 6.81. The normalized spacial score (nSPS) is 18.7. The van der Waals surface area contributed by atoms with Crippen LogP contribution in [-0.2, 0) is 9.59 Å². The van der Waals surface area contributed by atoms with Crippen molar-refractivity contribution in [3.05, 3.63) is 0 Å². The van der Waals surface area contributed by atoms with E-state index in [1.165, 1.54) is 51.4 Å². The fraction of sp³-hybridized carbons (Fsp3) is 0.895. The average Bonchev–Trinajstić information content (AvgIpc) is 2.59. The van der Waals surface area contributed by atoms with E-state index < -0.39 is 0 Å². The van der Waals surface area contributed by atoms with Crippen molar-refractivity contribution >= 4 is 12.2 Å². The minimum atomic E-state index is 0.750. The molecule has 2 saturated carbocycles. The van der Waals surface area contributed by atoms with Gasteiger partial charge < -0.3 is 0 Å². The van der Waals surface area contributed by atoms with E-state index in [2.05, 4.69) is 6.92 Å². The first-order valence-electron chi connectivity index (χ1n) is 9.32. The van der Waals surface area contributed by atoms with E-state index in [1.807, 2.05) is 0 Å². The second-order valence-corrected chi connectivity index (χ2v) is 6.81. The molecule has 4 nitrogen and oxygen atoms in total. The van der Waals surface area contributed by atoms with Crippen LogP contribution < -0.4 is 0 Å². The molecule has 2 rings (SSSR count). The molecule has 0 spiro atoms. The second kappa shape index (κ2) is 15.6. The monoisotopic (exact) mass is 322 g/mol. The molecule has 0 unspecified atom stereocenters. The Kier molecular flexibility index (Phi) is 14.8. The quantitative estimate of drug-likeness (QED) is 0.498. The van der Waals surface area contributed by atoms with Gasteiger partial charge in [-0.1, -0.05) is 84.0 Å². The van der Waals surface area contributed by atoms with Crippen LogP contribution in [0.4, 0.5) is 0 Å². The minimum Gasteiger partial charge on any atom is -0.222 e. The zero-order chi connectivity index (χ0) is 17.3. The Morgan fingerprint density at radius 3 is 1.48 bits per heavy atom. The number of isocyanates is 2. The Balaban J connectivity index is 0.000000704. The van der Waals surface area contributed by atoms with Gasteiger partial charge >= 0.3 is 0 Å². The van der Waals surface area contributed by atoms with Crippen molar-refractivity contribution in [1.29, 1.82) is 10.8 Å². The summed E-state index contributed by atoms with van der Waals surface area (Å²) in [5, 5.41) is 10.8. The van der Waals surface area contributed by atoms with Crippen LogP contribution in [0, 0.1) is 28.6 Å². The molecule has 0 aromatic heterocycles. The van der Waals surface area contributed by atoms with Gasteiger partial charge in [0.2, 0.25) is 12.2 Å². The van der Waals surface area contributed by atoms with E-state index in [4.69, 9.17) is 20.4 Å². The van der Waals surface area contributed by atoms with Crippen molar-refractivity contribution < 1.29 is 9.59 Å². The third-order valence-corrected chi connectivity index (χ3v) is 5.40. The van der Waals surface area contributed by atoms with Crippen LogP contribution in [-0.4, -0.2) is 12.2 Å². The molecule has 0 bridgehead atoms. The van der Waals surface area contributed by atoms with Crippen molar-refractivity contribution in [3.8, 4) is 0 Å². The van der Waals surface area contributed by atoms with Crippen LogP contribution in [0.1, 0.15) is 90.4 Å². The maximum absolute atomic E-state index is 8.35. The van der Waals surface area contributed by atoms with Crippen LogP contribution in [0.25, 0.3) is 0 Å². The van der Waals surface area contributed by atoms with Crippen LogP contribution in [0.3, 0.4) is 0 Å². The number of hydrogen-bond donors (Lipinski definition) is 2. The molecule has 132 valence electrons. The molecule has 0 saturated heterocycles. The summed E-state index contributed by atoms with van der Waals surface area (Å²) in [6, 6.07) is 0. The Labute approximate surface area is 141 Å². The van der Waals surface area contributed by atoms with Crippen LogP contribution in [0.5, 0.6) is 0 Å². The first-order chi connectivity index (χ1) is 11.2. The van der Waals surface area contributed by atoms with Crippen molar-refractivity contribution in [2.24, 2.45) is 17.8 Å². The van der Waals surface area contributed by atoms with Crippen LogP contribution in [0.15, 0.2) is 0 Å². The molecule has 0 amide bonds. The Bertz CT molecular complexity index is 303. The number of nitrogens with one attached hydrogen (secondary N) is 2. The predicted octanol–water partition coefficient (Wildman–Crippen LogP) is 5.76. The molecular formula is C19H34N2O2. The summed E-state index contributed by atoms with van der Waals surface area (Å²) in [4.78, 5) is 16.7. The zero-order valence-electron chi connectivity index (χ0n) is 14.7. The van der Waals surface area contributed by atoms with E-state index in [-0.39, 0.29) is 0 Å². The van der Waals surface area contributed by atoms with Crippen molar-refractivity contribution in [3.63, 3.8) is 0 Å². The molecular weight excluding hydrogens is 288 g/mol. The third kappa shape index (κ3) is 10.2. The molecule has 2 N–H and O–H groups in total. The van der Waals surface area contributed by atoms with Gasteiger partial charge in [0.15, 0.2) is 0 Å². The SMILES string of the molecule is CCCCC(C1CCCCC1)C1CCCCC1.N=C=O.N=C=O. The van der Waals surface area contributed by atoms with E-state index in [0.717, 1.165) is 29.9 Å². The third-order valence-electron chi connectivity index (χ3n) is 5.40. The Morgan fingerprint density at radius 1 is 0.826 bits per heavy atom. The largest absolute Gasteiger partial charge is 0.231 e. The highest BCUT2D eigenvalue weighted by atomic mass is 16.1. The molecule has 0 radical (unpaired) electrons. The summed E-state index contributed by atoms with van der Waals surface area (Å²) >= 11 is 0. The molecule has 0 aromatic carbocycles. The van der Waals surface area contributed by atoms with E-state index >= 15 is 0 Å². The molecule has 0 aliphatic heterocycles. The molecule has 2 fully saturated rings. The molecule has 2 aliphatic rings. The molecule has 0 aromatic rings. The van der Waals surface area contributed by atoms with Gasteiger partial charge in [0.1, 0.15) is 0 Å². The van der Waals surface area contributed by atoms with Gasteiger partial charge in [0, 0.05) is 0 Å². The van der Waals surface area contributed by atoms with E-state index in [1.54, 1.807) is 32.1 Å². The maximum atomic E-state index is 8.35. The summed E-state index contributed by atoms with van der Waals surface area (Å²) in [6.07, 6.45) is 21.3. The van der Waals surface area contributed by atoms with Gasteiger partial charge in [0.05, 0.1) is 0 Å². The summed E-state index contributed by atoms with van der Waals surface area (Å²) in [5.41, 5.74) is 0. The highest BCUT2D eigenvalue weighted by molar-refractivity contribution is 5.26. The number of unbranched alkanes of at least 4 members (excludes halogenated alkanes) is 1. The zero-order valence-corrected chi connectivity index (χ0v) is 14.7. The number of hydrogen-bond acceptors (Lipinski definition) is 4. The smallest absolute Gasteiger partial charge is 0.222 e. The number of rotatable bonds is 5. The summed E-state index contributed by atoms with van der Waals surface area (Å²) in [6.45, 7) is 2.36. The van der Waals surface area contributed by atoms with E-state index in [0.29, 0.717) is 0 Å². The molecule has 23 heavy (non-hydrogen) atoms. The number of carbonyl (C=O) groups excluding carboxylic acids is 2. The van der Waals surface area contributed by atoms with Crippen LogP contribution in [0.2, 0.25) is 0 Å². The maximum Gasteiger partial charge on any atom is 0.231 e. The van der Waals surface area contributed by atoms with E-state index in [9.17, 15) is 0 Å². The fourth-order valence-corrected chi connectivity index (χ4v) is 4.42. The topological polar surface area (TPSA) is 81.8 Å². The lowest BCUT2D eigenvalue weighted by molar-refractivity contribution is 0.132. The first-order valence-corrected chi connectivity index (χ1v) is 9.32. The lowest BCUT2D eigenvalue weighted by Crippen LogP contribution is -2.27. The lowest BCUT2D eigenvalue weighted by Gasteiger charge is -2.38. The van der Waals surface area contributed by atoms with Crippen molar-refractivity contribution in [1.82, 2.24) is 0 Å². The average molecular weight is 322 g/mol. The van der Waals surface area contributed by atoms with Crippen molar-refractivity contribution in [2.75, 3.05) is 0 Å². The predicted molar refractivity (Wildman–Crippen MR) is 93.0 cm³/mol. The van der Waals surface area contributed by atoms with Crippen LogP contribution >= 0.6 is 0 Å². The lowest BCUT2D eigenvalue weighted by atomic mass is 9.68. The van der Waals surface area contributed by atoms with Gasteiger partial charge in [0.25, 0.3) is 0 Å². The highest BCUT2D eigenvalue weighted by Gasteiger charge is 2.30. The molecule has 0 atom stereocenters. The van der Waals surface area contributed by atoms with Gasteiger partial charge in [-0.25, -0.2) is 20.4 Å². The first kappa shape index (κ1) is 21.8. The molecule has 2 aliphatic carbocycles. The van der Waals surface area contributed by atoms with Crippen molar-refractivity contribution in [2.45, 2.75) is 90.4 Å². The van der Waals surface area contributed by atoms with Gasteiger partial charge in [-0.3, -0.25) is 0 Å². The summed E-state index contributed by atoms with van der Waals surface area (Å²) < 4.78 is 0. The summed E-state index contributed by atoms with van der Waals surface area (Å²) in [5.74, 6) is 3.33. The summed E-state index contributed by atoms with van der Waals surface area (Å²) in [7, 11) is 0. The van der Waals surface area contributed by atoms with Gasteiger partial charge in [-0.05, 0) is 24.2 Å². The molecule has 0 heterocycles. The minimum absolute atomic E-state index is 0.750. The Hall–Kier alpha value is -1.24. The Morgan fingerprint density at radius 2 is 1.17 bits per heavy atom. The van der Waals surface area contributed by atoms with Gasteiger partial charge in [-0.2, -0.15) is 0 Å². The van der Waals surface area contributed by atoms with Gasteiger partial charge in [-0.15, -0.1) is 0 Å².